The van der Waals surface area contributed by atoms with E-state index in [1.54, 1.807) is 11.8 Å². The number of benzene rings is 1. The van der Waals surface area contributed by atoms with Gasteiger partial charge in [-0.05, 0) is 56.7 Å². The highest BCUT2D eigenvalue weighted by atomic mass is 16.2. The summed E-state index contributed by atoms with van der Waals surface area (Å²) >= 11 is 0. The third-order valence-electron chi connectivity index (χ3n) is 6.62. The number of aryl methyl sites for hydroxylation is 2. The lowest BCUT2D eigenvalue weighted by Gasteiger charge is -2.33. The molecule has 0 aliphatic carbocycles. The predicted octanol–water partition coefficient (Wildman–Crippen LogP) is 2.32. The Labute approximate surface area is 182 Å². The maximum absolute atomic E-state index is 13.5. The summed E-state index contributed by atoms with van der Waals surface area (Å²) in [4.78, 5) is 33.1. The first kappa shape index (κ1) is 21.1. The summed E-state index contributed by atoms with van der Waals surface area (Å²) in [6.07, 6.45) is 1.73. The van der Waals surface area contributed by atoms with Crippen molar-refractivity contribution in [2.24, 2.45) is 16.6 Å². The van der Waals surface area contributed by atoms with Crippen LogP contribution in [0.4, 0.5) is 0 Å². The van der Waals surface area contributed by atoms with Crippen molar-refractivity contribution in [2.45, 2.75) is 46.1 Å². The SMILES string of the molecule is CC(=O)N1CCC(CN2C(=O)C(C)(c3cccc(-c4c(C)n[nH]c4C)c3)N=C2N)CC1. The van der Waals surface area contributed by atoms with Crippen LogP contribution in [0.1, 0.15) is 43.6 Å². The van der Waals surface area contributed by atoms with Gasteiger partial charge in [0, 0.05) is 37.8 Å². The van der Waals surface area contributed by atoms with Crippen molar-refractivity contribution in [1.29, 1.82) is 0 Å². The van der Waals surface area contributed by atoms with Gasteiger partial charge in [0.25, 0.3) is 5.91 Å². The maximum atomic E-state index is 13.5. The monoisotopic (exact) mass is 422 g/mol. The second kappa shape index (κ2) is 7.83. The van der Waals surface area contributed by atoms with E-state index in [0.29, 0.717) is 12.5 Å². The van der Waals surface area contributed by atoms with Gasteiger partial charge < -0.3 is 10.6 Å². The molecule has 2 aliphatic rings. The number of hydrogen-bond donors (Lipinski definition) is 2. The maximum Gasteiger partial charge on any atom is 0.261 e. The van der Waals surface area contributed by atoms with Crippen molar-refractivity contribution in [3.05, 3.63) is 41.2 Å². The fourth-order valence-electron chi connectivity index (χ4n) is 4.71. The van der Waals surface area contributed by atoms with Crippen LogP contribution in [0, 0.1) is 19.8 Å². The van der Waals surface area contributed by atoms with E-state index in [-0.39, 0.29) is 17.8 Å². The number of hydrogen-bond acceptors (Lipinski definition) is 5. The highest BCUT2D eigenvalue weighted by Crippen LogP contribution is 2.36. The molecule has 0 radical (unpaired) electrons. The lowest BCUT2D eigenvalue weighted by Crippen LogP contribution is -2.46. The average molecular weight is 423 g/mol. The predicted molar refractivity (Wildman–Crippen MR) is 119 cm³/mol. The molecule has 2 amide bonds. The zero-order valence-electron chi connectivity index (χ0n) is 18.6. The molecule has 8 heteroatoms. The summed E-state index contributed by atoms with van der Waals surface area (Å²) in [6, 6.07) is 7.90. The molecule has 1 aromatic heterocycles. The number of nitrogens with one attached hydrogen (secondary N) is 1. The van der Waals surface area contributed by atoms with Crippen LogP contribution in [-0.2, 0) is 15.1 Å². The van der Waals surface area contributed by atoms with Crippen LogP contribution in [0.15, 0.2) is 29.3 Å². The summed E-state index contributed by atoms with van der Waals surface area (Å²) in [5.41, 5.74) is 9.94. The molecule has 0 saturated carbocycles. The quantitative estimate of drug-likeness (QED) is 0.788. The molecule has 0 spiro atoms. The number of H-pyrrole nitrogens is 1. The fourth-order valence-corrected chi connectivity index (χ4v) is 4.71. The molecule has 3 heterocycles. The van der Waals surface area contributed by atoms with Crippen molar-refractivity contribution in [3.8, 4) is 11.1 Å². The average Bonchev–Trinajstić information content (AvgIpc) is 3.19. The molecule has 4 rings (SSSR count). The smallest absolute Gasteiger partial charge is 0.261 e. The first-order valence-electron chi connectivity index (χ1n) is 10.8. The molecule has 0 bridgehead atoms. The summed E-state index contributed by atoms with van der Waals surface area (Å²) in [6.45, 7) is 9.36. The zero-order valence-corrected chi connectivity index (χ0v) is 18.6. The van der Waals surface area contributed by atoms with Crippen LogP contribution in [0.3, 0.4) is 0 Å². The third-order valence-corrected chi connectivity index (χ3v) is 6.62. The minimum atomic E-state index is -1.05. The Balaban J connectivity index is 1.55. The fraction of sp³-hybridized carbons (Fsp3) is 0.478. The molecular weight excluding hydrogens is 392 g/mol. The summed E-state index contributed by atoms with van der Waals surface area (Å²) in [7, 11) is 0. The molecule has 1 unspecified atom stereocenters. The Morgan fingerprint density at radius 3 is 2.61 bits per heavy atom. The number of piperidine rings is 1. The number of nitrogens with two attached hydrogens (primary N) is 1. The Morgan fingerprint density at radius 1 is 1.29 bits per heavy atom. The Kier molecular flexibility index (Phi) is 5.33. The van der Waals surface area contributed by atoms with Gasteiger partial charge in [0.05, 0.1) is 5.69 Å². The number of nitrogens with zero attached hydrogens (tertiary/aromatic N) is 4. The number of carbonyl (C=O) groups excluding carboxylic acids is 2. The minimum absolute atomic E-state index is 0.100. The Hall–Kier alpha value is -3.16. The van der Waals surface area contributed by atoms with Crippen molar-refractivity contribution in [1.82, 2.24) is 20.0 Å². The second-order valence-electron chi connectivity index (χ2n) is 8.80. The normalized spacial score (nSPS) is 22.2. The van der Waals surface area contributed by atoms with Gasteiger partial charge in [-0.15, -0.1) is 0 Å². The summed E-state index contributed by atoms with van der Waals surface area (Å²) in [5.74, 6) is 0.574. The van der Waals surface area contributed by atoms with E-state index in [4.69, 9.17) is 5.73 Å². The lowest BCUT2D eigenvalue weighted by atomic mass is 9.89. The molecule has 1 aromatic carbocycles. The van der Waals surface area contributed by atoms with Crippen LogP contribution >= 0.6 is 0 Å². The number of amides is 2. The van der Waals surface area contributed by atoms with Gasteiger partial charge in [-0.2, -0.15) is 5.10 Å². The molecule has 164 valence electrons. The number of guanidine groups is 1. The molecule has 2 aromatic rings. The zero-order chi connectivity index (χ0) is 22.3. The van der Waals surface area contributed by atoms with Gasteiger partial charge in [0.1, 0.15) is 0 Å². The molecular formula is C23H30N6O2. The van der Waals surface area contributed by atoms with Gasteiger partial charge in [-0.1, -0.05) is 18.2 Å². The van der Waals surface area contributed by atoms with Crippen LogP contribution in [0.25, 0.3) is 11.1 Å². The topological polar surface area (TPSA) is 108 Å². The van der Waals surface area contributed by atoms with Crippen LogP contribution in [0.2, 0.25) is 0 Å². The number of aromatic nitrogens is 2. The highest BCUT2D eigenvalue weighted by Gasteiger charge is 2.46. The largest absolute Gasteiger partial charge is 0.369 e. The van der Waals surface area contributed by atoms with Gasteiger partial charge in [-0.25, -0.2) is 4.99 Å². The van der Waals surface area contributed by atoms with E-state index in [9.17, 15) is 9.59 Å². The van der Waals surface area contributed by atoms with E-state index in [0.717, 1.165) is 54.0 Å². The van der Waals surface area contributed by atoms with Crippen molar-refractivity contribution < 1.29 is 9.59 Å². The van der Waals surface area contributed by atoms with Gasteiger partial charge in [0.15, 0.2) is 11.5 Å². The second-order valence-corrected chi connectivity index (χ2v) is 8.80. The van der Waals surface area contributed by atoms with Crippen LogP contribution in [0.5, 0.6) is 0 Å². The number of aliphatic imine (C=N–C) groups is 1. The van der Waals surface area contributed by atoms with Gasteiger partial charge in [0.2, 0.25) is 5.91 Å². The van der Waals surface area contributed by atoms with E-state index < -0.39 is 5.54 Å². The van der Waals surface area contributed by atoms with Crippen molar-refractivity contribution in [3.63, 3.8) is 0 Å². The van der Waals surface area contributed by atoms with Gasteiger partial charge in [-0.3, -0.25) is 19.6 Å². The molecule has 1 fully saturated rings. The number of rotatable bonds is 4. The molecule has 8 nitrogen and oxygen atoms in total. The van der Waals surface area contributed by atoms with E-state index in [2.05, 4.69) is 15.2 Å². The van der Waals surface area contributed by atoms with Crippen LogP contribution < -0.4 is 5.73 Å². The standard InChI is InChI=1S/C23H30N6O2/c1-14-20(15(2)27-26-14)18-6-5-7-19(12-18)23(4)21(31)29(22(24)25-23)13-17-8-10-28(11-9-17)16(3)30/h5-7,12,17H,8-11,13H2,1-4H3,(H2,24,25)(H,26,27). The number of aromatic amines is 1. The molecule has 31 heavy (non-hydrogen) atoms. The van der Waals surface area contributed by atoms with Gasteiger partial charge >= 0.3 is 0 Å². The first-order valence-corrected chi connectivity index (χ1v) is 10.8. The Bertz CT molecular complexity index is 1030. The lowest BCUT2D eigenvalue weighted by molar-refractivity contribution is -0.133. The summed E-state index contributed by atoms with van der Waals surface area (Å²) < 4.78 is 0. The summed E-state index contributed by atoms with van der Waals surface area (Å²) in [5, 5.41) is 7.30. The molecule has 1 saturated heterocycles. The Morgan fingerprint density at radius 2 is 2.00 bits per heavy atom. The highest BCUT2D eigenvalue weighted by molar-refractivity contribution is 6.07. The number of carbonyl (C=O) groups is 2. The molecule has 3 N–H and O–H groups in total. The minimum Gasteiger partial charge on any atom is -0.369 e. The third kappa shape index (κ3) is 3.71. The molecule has 2 aliphatic heterocycles. The first-order chi connectivity index (χ1) is 14.7. The van der Waals surface area contributed by atoms with Crippen LogP contribution in [-0.4, -0.2) is 57.4 Å². The van der Waals surface area contributed by atoms with E-state index in [1.165, 1.54) is 0 Å². The molecule has 1 atom stereocenters. The number of likely N-dealkylation sites (tertiary alicyclic amines) is 1. The van der Waals surface area contributed by atoms with Crippen molar-refractivity contribution in [2.75, 3.05) is 19.6 Å². The van der Waals surface area contributed by atoms with Crippen molar-refractivity contribution >= 4 is 17.8 Å². The van der Waals surface area contributed by atoms with E-state index >= 15 is 0 Å². The van der Waals surface area contributed by atoms with E-state index in [1.807, 2.05) is 49.9 Å².